The number of anilines is 3. The Bertz CT molecular complexity index is 1640. The Morgan fingerprint density at radius 2 is 1.04 bits per heavy atom. The Kier molecular flexibility index (Phi) is 10.7. The summed E-state index contributed by atoms with van der Waals surface area (Å²) in [4.78, 5) is 9.80. The van der Waals surface area contributed by atoms with Gasteiger partial charge in [0.05, 0.1) is 23.2 Å². The molecule has 0 fully saturated rings. The summed E-state index contributed by atoms with van der Waals surface area (Å²) in [5.74, 6) is 0. The van der Waals surface area contributed by atoms with Crippen molar-refractivity contribution in [2.24, 2.45) is 21.1 Å². The second kappa shape index (κ2) is 13.9. The molecule has 5 nitrogen and oxygen atoms in total. The van der Waals surface area contributed by atoms with E-state index in [2.05, 4.69) is 191 Å². The van der Waals surface area contributed by atoms with Crippen LogP contribution in [0.15, 0.2) is 107 Å². The van der Waals surface area contributed by atoms with Crippen molar-refractivity contribution in [3.8, 4) is 0 Å². The normalized spacial score (nSPS) is 14.9. The number of hydrogen-bond acceptors (Lipinski definition) is 5. The van der Waals surface area contributed by atoms with Crippen molar-refractivity contribution >= 4 is 34.2 Å². The minimum absolute atomic E-state index is 0.134. The molecular weight excluding hydrogens is 587 g/mol. The number of nitrogens with zero attached hydrogens (tertiary/aromatic N) is 2. The van der Waals surface area contributed by atoms with E-state index in [1.165, 1.54) is 11.1 Å². The third-order valence-corrected chi connectivity index (χ3v) is 11.5. The summed E-state index contributed by atoms with van der Waals surface area (Å²) in [6.07, 6.45) is 9.34. The average molecular weight is 646 g/mol. The van der Waals surface area contributed by atoms with E-state index >= 15 is 0 Å². The monoisotopic (exact) mass is 645 g/mol. The van der Waals surface area contributed by atoms with E-state index in [0.717, 1.165) is 40.6 Å². The Hall–Kier alpha value is -3.96. The minimum atomic E-state index is -0.318. The molecule has 0 radical (unpaired) electrons. The summed E-state index contributed by atoms with van der Waals surface area (Å²) in [7, 11) is 0. The smallest absolute Gasteiger partial charge is 0.0638 e. The first-order chi connectivity index (χ1) is 22.2. The van der Waals surface area contributed by atoms with Crippen molar-refractivity contribution in [3.05, 3.63) is 108 Å². The predicted molar refractivity (Wildman–Crippen MR) is 211 cm³/mol. The molecular formula is C43H59N5. The highest BCUT2D eigenvalue weighted by Gasteiger charge is 2.38. The first-order valence-corrected chi connectivity index (χ1v) is 17.4. The molecule has 0 amide bonds. The van der Waals surface area contributed by atoms with Crippen LogP contribution in [0, 0.1) is 5.41 Å². The van der Waals surface area contributed by atoms with Crippen LogP contribution in [0.3, 0.4) is 0 Å². The maximum atomic E-state index is 6.45. The molecule has 0 aliphatic heterocycles. The molecule has 48 heavy (non-hydrogen) atoms. The van der Waals surface area contributed by atoms with Gasteiger partial charge in [0.2, 0.25) is 0 Å². The SMILES string of the molecule is CCC(C)(C)C(C)N=C1C=CC(=Nc2ccc(C(C)(C)C(C)(C)Nc3ccc(Nc4ccc(C(C)(C)C(C)(C)N)cc4)cc3)cc2)C=C1. The summed E-state index contributed by atoms with van der Waals surface area (Å²) in [5, 5.41) is 7.34. The fraction of sp³-hybridized carbons (Fsp3) is 0.442. The second-order valence-electron chi connectivity index (χ2n) is 16.3. The van der Waals surface area contributed by atoms with Gasteiger partial charge in [-0.1, -0.05) is 72.7 Å². The molecule has 3 aromatic carbocycles. The van der Waals surface area contributed by atoms with Gasteiger partial charge in [0.15, 0.2) is 0 Å². The van der Waals surface area contributed by atoms with Gasteiger partial charge in [0.1, 0.15) is 0 Å². The van der Waals surface area contributed by atoms with Crippen molar-refractivity contribution in [2.45, 2.75) is 117 Å². The number of nitrogens with one attached hydrogen (secondary N) is 2. The first-order valence-electron chi connectivity index (χ1n) is 17.4. The first kappa shape index (κ1) is 36.9. The van der Waals surface area contributed by atoms with Crippen LogP contribution in [-0.2, 0) is 10.8 Å². The van der Waals surface area contributed by atoms with Crippen molar-refractivity contribution in [1.82, 2.24) is 0 Å². The Morgan fingerprint density at radius 3 is 1.54 bits per heavy atom. The highest BCUT2D eigenvalue weighted by molar-refractivity contribution is 6.19. The lowest BCUT2D eigenvalue weighted by Gasteiger charge is -2.43. The number of rotatable bonds is 12. The van der Waals surface area contributed by atoms with Crippen molar-refractivity contribution in [2.75, 3.05) is 10.6 Å². The van der Waals surface area contributed by atoms with E-state index in [9.17, 15) is 0 Å². The van der Waals surface area contributed by atoms with Crippen LogP contribution in [0.2, 0.25) is 0 Å². The molecule has 0 saturated heterocycles. The Morgan fingerprint density at radius 1 is 0.604 bits per heavy atom. The minimum Gasteiger partial charge on any atom is -0.379 e. The van der Waals surface area contributed by atoms with E-state index in [0.29, 0.717) is 0 Å². The summed E-state index contributed by atoms with van der Waals surface area (Å²) >= 11 is 0. The highest BCUT2D eigenvalue weighted by Crippen LogP contribution is 2.38. The molecule has 0 bridgehead atoms. The number of nitrogens with two attached hydrogens (primary N) is 1. The van der Waals surface area contributed by atoms with Gasteiger partial charge in [0.25, 0.3) is 0 Å². The maximum Gasteiger partial charge on any atom is 0.0638 e. The highest BCUT2D eigenvalue weighted by atomic mass is 15.0. The molecule has 1 unspecified atom stereocenters. The van der Waals surface area contributed by atoms with Crippen molar-refractivity contribution in [1.29, 1.82) is 0 Å². The molecule has 5 heteroatoms. The van der Waals surface area contributed by atoms with E-state index in [1.54, 1.807) is 0 Å². The van der Waals surface area contributed by atoms with Gasteiger partial charge in [-0.05, 0) is 130 Å². The Labute approximate surface area is 291 Å². The Balaban J connectivity index is 1.39. The fourth-order valence-corrected chi connectivity index (χ4v) is 5.43. The maximum absolute atomic E-state index is 6.45. The summed E-state index contributed by atoms with van der Waals surface area (Å²) < 4.78 is 0. The molecule has 1 aliphatic carbocycles. The third kappa shape index (κ3) is 8.36. The van der Waals surface area contributed by atoms with Crippen LogP contribution >= 0.6 is 0 Å². The van der Waals surface area contributed by atoms with Gasteiger partial charge in [0, 0.05) is 39.0 Å². The van der Waals surface area contributed by atoms with Crippen LogP contribution in [0.25, 0.3) is 0 Å². The lowest BCUT2D eigenvalue weighted by Crippen LogP contribution is -2.50. The van der Waals surface area contributed by atoms with Crippen LogP contribution in [0.1, 0.15) is 101 Å². The van der Waals surface area contributed by atoms with Gasteiger partial charge < -0.3 is 16.4 Å². The van der Waals surface area contributed by atoms with Crippen LogP contribution < -0.4 is 16.4 Å². The quantitative estimate of drug-likeness (QED) is 0.172. The number of hydrogen-bond donors (Lipinski definition) is 3. The van der Waals surface area contributed by atoms with Gasteiger partial charge in [-0.2, -0.15) is 0 Å². The van der Waals surface area contributed by atoms with E-state index in [1.807, 2.05) is 0 Å². The van der Waals surface area contributed by atoms with Crippen molar-refractivity contribution < 1.29 is 0 Å². The summed E-state index contributed by atoms with van der Waals surface area (Å²) in [6.45, 7) is 26.6. The van der Waals surface area contributed by atoms with Gasteiger partial charge in [-0.3, -0.25) is 4.99 Å². The van der Waals surface area contributed by atoms with Gasteiger partial charge in [-0.25, -0.2) is 4.99 Å². The molecule has 0 saturated carbocycles. The number of aliphatic imine (C=N–C) groups is 2. The average Bonchev–Trinajstić information content (AvgIpc) is 3.02. The van der Waals surface area contributed by atoms with Gasteiger partial charge in [-0.15, -0.1) is 0 Å². The standard InChI is InChI=1S/C43H59N5/c1-13-39(3,4)30(2)45-33-22-24-36(25-23-33)46-35-20-16-32(17-21-35)41(7,8)43(11,12)48-38-28-26-37(27-29-38)47-34-18-14-31(15-19-34)40(5,6)42(9,10)44/h14-30,47-48H,13,44H2,1-12H3. The second-order valence-corrected chi connectivity index (χ2v) is 16.3. The lowest BCUT2D eigenvalue weighted by atomic mass is 9.69. The molecule has 1 atom stereocenters. The molecule has 0 heterocycles. The van der Waals surface area contributed by atoms with Crippen molar-refractivity contribution in [3.63, 3.8) is 0 Å². The molecule has 3 aromatic rings. The molecule has 0 aromatic heterocycles. The molecule has 4 N–H and O–H groups in total. The van der Waals surface area contributed by atoms with E-state index in [-0.39, 0.29) is 33.4 Å². The zero-order valence-electron chi connectivity index (χ0n) is 31.5. The van der Waals surface area contributed by atoms with Gasteiger partial charge >= 0.3 is 0 Å². The molecule has 0 spiro atoms. The number of benzene rings is 3. The zero-order valence-corrected chi connectivity index (χ0v) is 31.5. The lowest BCUT2D eigenvalue weighted by molar-refractivity contribution is 0.292. The summed E-state index contributed by atoms with van der Waals surface area (Å²) in [5.41, 5.74) is 14.3. The molecule has 256 valence electrons. The predicted octanol–water partition coefficient (Wildman–Crippen LogP) is 11.1. The summed E-state index contributed by atoms with van der Waals surface area (Å²) in [6, 6.07) is 26.0. The third-order valence-electron chi connectivity index (χ3n) is 11.5. The zero-order chi connectivity index (χ0) is 35.5. The molecule has 4 rings (SSSR count). The number of allylic oxidation sites excluding steroid dienone is 4. The largest absolute Gasteiger partial charge is 0.379 e. The fourth-order valence-electron chi connectivity index (χ4n) is 5.43. The van der Waals surface area contributed by atoms with E-state index < -0.39 is 0 Å². The van der Waals surface area contributed by atoms with Crippen LogP contribution in [-0.4, -0.2) is 28.5 Å². The van der Waals surface area contributed by atoms with Crippen LogP contribution in [0.5, 0.6) is 0 Å². The topological polar surface area (TPSA) is 74.8 Å². The van der Waals surface area contributed by atoms with Crippen LogP contribution in [0.4, 0.5) is 22.7 Å². The van der Waals surface area contributed by atoms with E-state index in [4.69, 9.17) is 15.7 Å². The molecule has 1 aliphatic rings.